The lowest BCUT2D eigenvalue weighted by Crippen LogP contribution is -2.68. The molecule has 0 heterocycles. The molecule has 0 radical (unpaired) electrons. The number of hydrogen-bond acceptors (Lipinski definition) is 4. The molecule has 4 nitrogen and oxygen atoms in total. The third-order valence-corrected chi connectivity index (χ3v) is 14.4. The van der Waals surface area contributed by atoms with Gasteiger partial charge in [0.05, 0.1) is 6.61 Å². The molecule has 0 spiro atoms. The molecule has 0 aliphatic heterocycles. The molecule has 38 heavy (non-hydrogen) atoms. The first-order chi connectivity index (χ1) is 17.7. The van der Waals surface area contributed by atoms with E-state index < -0.39 is 0 Å². The molecular weight excluding hydrogens is 472 g/mol. The second-order valence-corrected chi connectivity index (χ2v) is 16.2. The molecule has 11 atom stereocenters. The van der Waals surface area contributed by atoms with Crippen molar-refractivity contribution in [2.75, 3.05) is 13.7 Å². The molecule has 5 fully saturated rings. The molecular formula is C34H56O4. The van der Waals surface area contributed by atoms with Gasteiger partial charge < -0.3 is 9.47 Å². The summed E-state index contributed by atoms with van der Waals surface area (Å²) in [4.78, 5) is 24.5. The van der Waals surface area contributed by atoms with Gasteiger partial charge in [0.2, 0.25) is 0 Å². The molecule has 0 N–H and O–H groups in total. The predicted octanol–water partition coefficient (Wildman–Crippen LogP) is 7.87. The Morgan fingerprint density at radius 3 is 2.18 bits per heavy atom. The van der Waals surface area contributed by atoms with Gasteiger partial charge in [-0.15, -0.1) is 0 Å². The van der Waals surface area contributed by atoms with E-state index >= 15 is 0 Å². The Labute approximate surface area is 232 Å². The van der Waals surface area contributed by atoms with E-state index in [1.807, 2.05) is 14.0 Å². The van der Waals surface area contributed by atoms with Gasteiger partial charge >= 0.3 is 5.97 Å². The van der Waals surface area contributed by atoms with Crippen LogP contribution in [0.5, 0.6) is 0 Å². The van der Waals surface area contributed by atoms with E-state index in [4.69, 9.17) is 9.47 Å². The molecule has 0 aromatic carbocycles. The number of ketones is 1. The molecule has 216 valence electrons. The molecule has 5 saturated carbocycles. The van der Waals surface area contributed by atoms with Crippen LogP contribution in [0.4, 0.5) is 0 Å². The highest BCUT2D eigenvalue weighted by Gasteiger charge is 2.70. The van der Waals surface area contributed by atoms with E-state index in [0.29, 0.717) is 51.6 Å². The highest BCUT2D eigenvalue weighted by atomic mass is 16.5. The van der Waals surface area contributed by atoms with Crippen molar-refractivity contribution >= 4 is 11.8 Å². The number of fused-ring (bicyclic) bond motifs is 7. The zero-order valence-electron chi connectivity index (χ0n) is 26.0. The fraction of sp³-hybridized carbons (Fsp3) is 0.941. The summed E-state index contributed by atoms with van der Waals surface area (Å²) in [6, 6.07) is 0. The average molecular weight is 529 g/mol. The zero-order chi connectivity index (χ0) is 27.9. The minimum Gasteiger partial charge on any atom is -0.462 e. The molecule has 5 rings (SSSR count). The van der Waals surface area contributed by atoms with Gasteiger partial charge in [0, 0.05) is 25.4 Å². The highest BCUT2D eigenvalue weighted by molar-refractivity contribution is 5.78. The van der Waals surface area contributed by atoms with E-state index in [1.165, 1.54) is 44.9 Å². The number of methoxy groups -OCH3 is 1. The smallest absolute Gasteiger partial charge is 0.302 e. The SMILES string of the molecule is COC[C@@]12CC[C@]3(C)[C@H](CC[C@@H]4[C@@]5(C)CC[C@H](OC(C)=O)C(C)(C)[C@@H]5CC[C@]43C)[C@@H]1[C@@H](C)CC(C(C)=O)C2. The van der Waals surface area contributed by atoms with Crippen molar-refractivity contribution in [1.29, 1.82) is 0 Å². The largest absolute Gasteiger partial charge is 0.462 e. The number of Topliss-reactive ketones (excluding diaryl/α,β-unsaturated/α-hetero) is 1. The van der Waals surface area contributed by atoms with Gasteiger partial charge in [-0.3, -0.25) is 9.59 Å². The first-order valence-corrected chi connectivity index (χ1v) is 15.8. The van der Waals surface area contributed by atoms with Gasteiger partial charge in [-0.1, -0.05) is 41.5 Å². The first-order valence-electron chi connectivity index (χ1n) is 15.8. The van der Waals surface area contributed by atoms with Crippen LogP contribution < -0.4 is 0 Å². The van der Waals surface area contributed by atoms with Crippen LogP contribution in [0.1, 0.15) is 120 Å². The summed E-state index contributed by atoms with van der Waals surface area (Å²) in [6.45, 7) is 19.4. The van der Waals surface area contributed by atoms with Crippen molar-refractivity contribution in [2.24, 2.45) is 62.6 Å². The molecule has 5 aliphatic carbocycles. The molecule has 1 unspecified atom stereocenters. The number of carbonyl (C=O) groups excluding carboxylic acids is 2. The Bertz CT molecular complexity index is 956. The number of carbonyl (C=O) groups is 2. The maximum Gasteiger partial charge on any atom is 0.302 e. The van der Waals surface area contributed by atoms with Crippen molar-refractivity contribution in [3.8, 4) is 0 Å². The van der Waals surface area contributed by atoms with Crippen LogP contribution in [0.25, 0.3) is 0 Å². The van der Waals surface area contributed by atoms with Gasteiger partial charge in [-0.05, 0) is 122 Å². The highest BCUT2D eigenvalue weighted by Crippen LogP contribution is 2.77. The normalized spacial score (nSPS) is 51.6. The molecule has 5 aliphatic rings. The molecule has 0 saturated heterocycles. The van der Waals surface area contributed by atoms with Crippen LogP contribution in [-0.4, -0.2) is 31.6 Å². The van der Waals surface area contributed by atoms with Gasteiger partial charge in [0.15, 0.2) is 0 Å². The fourth-order valence-electron chi connectivity index (χ4n) is 12.7. The number of esters is 1. The summed E-state index contributed by atoms with van der Waals surface area (Å²) in [6.07, 6.45) is 11.9. The van der Waals surface area contributed by atoms with E-state index in [9.17, 15) is 9.59 Å². The molecule has 0 amide bonds. The van der Waals surface area contributed by atoms with Crippen LogP contribution in [0.2, 0.25) is 0 Å². The summed E-state index contributed by atoms with van der Waals surface area (Å²) in [5.41, 5.74) is 1.10. The summed E-state index contributed by atoms with van der Waals surface area (Å²) in [5.74, 6) is 3.69. The molecule has 0 aromatic heterocycles. The topological polar surface area (TPSA) is 52.6 Å². The van der Waals surface area contributed by atoms with Crippen molar-refractivity contribution in [3.63, 3.8) is 0 Å². The summed E-state index contributed by atoms with van der Waals surface area (Å²) < 4.78 is 11.9. The lowest BCUT2D eigenvalue weighted by atomic mass is 9.31. The lowest BCUT2D eigenvalue weighted by molar-refractivity contribution is -0.262. The summed E-state index contributed by atoms with van der Waals surface area (Å²) >= 11 is 0. The monoisotopic (exact) mass is 528 g/mol. The van der Waals surface area contributed by atoms with Crippen LogP contribution >= 0.6 is 0 Å². The zero-order valence-corrected chi connectivity index (χ0v) is 26.0. The van der Waals surface area contributed by atoms with Crippen LogP contribution in [0.15, 0.2) is 0 Å². The lowest BCUT2D eigenvalue weighted by Gasteiger charge is -2.74. The molecule has 0 aromatic rings. The van der Waals surface area contributed by atoms with Gasteiger partial charge in [-0.2, -0.15) is 0 Å². The number of ether oxygens (including phenoxy) is 2. The fourth-order valence-corrected chi connectivity index (χ4v) is 12.7. The third-order valence-electron chi connectivity index (χ3n) is 14.4. The Hall–Kier alpha value is -0.900. The van der Waals surface area contributed by atoms with E-state index in [-0.39, 0.29) is 28.8 Å². The summed E-state index contributed by atoms with van der Waals surface area (Å²) in [7, 11) is 1.87. The average Bonchev–Trinajstić information content (AvgIpc) is 2.81. The Kier molecular flexibility index (Phi) is 7.02. The van der Waals surface area contributed by atoms with Gasteiger partial charge in [0.1, 0.15) is 11.9 Å². The quantitative estimate of drug-likeness (QED) is 0.348. The Morgan fingerprint density at radius 1 is 0.842 bits per heavy atom. The first kappa shape index (κ1) is 28.6. The van der Waals surface area contributed by atoms with Crippen molar-refractivity contribution in [3.05, 3.63) is 0 Å². The number of rotatable bonds is 4. The Morgan fingerprint density at radius 2 is 1.55 bits per heavy atom. The van der Waals surface area contributed by atoms with E-state index in [1.54, 1.807) is 6.92 Å². The minimum absolute atomic E-state index is 0.0114. The van der Waals surface area contributed by atoms with Crippen molar-refractivity contribution < 1.29 is 19.1 Å². The Balaban J connectivity index is 1.49. The van der Waals surface area contributed by atoms with E-state index in [2.05, 4.69) is 41.5 Å². The molecule has 4 heteroatoms. The van der Waals surface area contributed by atoms with Gasteiger partial charge in [0.25, 0.3) is 0 Å². The summed E-state index contributed by atoms with van der Waals surface area (Å²) in [5, 5.41) is 0. The predicted molar refractivity (Wildman–Crippen MR) is 151 cm³/mol. The van der Waals surface area contributed by atoms with Crippen LogP contribution in [0.3, 0.4) is 0 Å². The maximum atomic E-state index is 12.6. The van der Waals surface area contributed by atoms with E-state index in [0.717, 1.165) is 25.9 Å². The van der Waals surface area contributed by atoms with Crippen molar-refractivity contribution in [1.82, 2.24) is 0 Å². The van der Waals surface area contributed by atoms with Crippen LogP contribution in [0, 0.1) is 62.6 Å². The minimum atomic E-state index is -0.129. The number of hydrogen-bond donors (Lipinski definition) is 0. The van der Waals surface area contributed by atoms with Gasteiger partial charge in [-0.25, -0.2) is 0 Å². The second-order valence-electron chi connectivity index (χ2n) is 16.2. The standard InChI is InChI=1S/C34H56O4/c1-21-18-24(22(2)35)19-34(20-37-9)17-16-32(7)25(29(21)34)10-11-27-31(6)14-13-28(38-23(3)36)30(4,5)26(31)12-15-33(27,32)8/h21,24-29H,10-20H2,1-9H3/t21-,24?,25+,26-,27+,28-,29-,31-,32+,33+,34-/m0/s1. The third kappa shape index (κ3) is 3.84. The molecule has 0 bridgehead atoms. The maximum absolute atomic E-state index is 12.6. The van der Waals surface area contributed by atoms with Crippen molar-refractivity contribution in [2.45, 2.75) is 126 Å². The second kappa shape index (κ2) is 9.31. The van der Waals surface area contributed by atoms with Crippen LogP contribution in [-0.2, 0) is 19.1 Å².